The van der Waals surface area contributed by atoms with E-state index in [1.54, 1.807) is 10.6 Å². The fourth-order valence-electron chi connectivity index (χ4n) is 10.2. The van der Waals surface area contributed by atoms with E-state index in [2.05, 4.69) is 59.7 Å². The van der Waals surface area contributed by atoms with E-state index in [-0.39, 0.29) is 17.6 Å². The van der Waals surface area contributed by atoms with Crippen molar-refractivity contribution in [3.05, 3.63) is 22.8 Å². The number of hydrogen-bond acceptors (Lipinski definition) is 4. The molecule has 5 rings (SSSR count). The second kappa shape index (κ2) is 9.26. The van der Waals surface area contributed by atoms with Crippen LogP contribution in [-0.2, 0) is 0 Å². The Morgan fingerprint density at radius 3 is 2.46 bits per heavy atom. The molecule has 4 fully saturated rings. The molecule has 0 spiro atoms. The molecule has 1 aliphatic heterocycles. The lowest BCUT2D eigenvalue weighted by Crippen LogP contribution is -2.57. The van der Waals surface area contributed by atoms with Crippen molar-refractivity contribution in [3.63, 3.8) is 0 Å². The van der Waals surface area contributed by atoms with Crippen LogP contribution in [0.1, 0.15) is 92.4 Å². The van der Waals surface area contributed by atoms with Crippen LogP contribution in [0.25, 0.3) is 0 Å². The number of fused-ring (bicyclic) bond motifs is 5. The number of hydrogen-bond donors (Lipinski definition) is 2. The molecule has 5 aliphatic rings. The number of aliphatic hydroxyl groups excluding tert-OH is 1. The summed E-state index contributed by atoms with van der Waals surface area (Å²) < 4.78 is 0. The number of nitrogens with zero attached hydrogens (tertiary/aromatic N) is 2. The Morgan fingerprint density at radius 2 is 1.77 bits per heavy atom. The van der Waals surface area contributed by atoms with E-state index in [1.807, 2.05) is 0 Å². The molecule has 4 nitrogen and oxygen atoms in total. The second-order valence-electron chi connectivity index (χ2n) is 14.1. The van der Waals surface area contributed by atoms with Gasteiger partial charge < -0.3 is 15.2 Å². The van der Waals surface area contributed by atoms with Gasteiger partial charge in [-0.15, -0.1) is 0 Å². The van der Waals surface area contributed by atoms with E-state index in [0.29, 0.717) is 35.1 Å². The van der Waals surface area contributed by atoms with Crippen molar-refractivity contribution in [1.29, 1.82) is 0 Å². The molecule has 3 saturated carbocycles. The first-order valence-electron chi connectivity index (χ1n) is 14.6. The molecule has 0 radical (unpaired) electrons. The summed E-state index contributed by atoms with van der Waals surface area (Å²) in [6.45, 7) is 12.8. The highest BCUT2D eigenvalue weighted by Gasteiger charge is 2.60. The minimum atomic E-state index is -0.205. The fourth-order valence-corrected chi connectivity index (χ4v) is 10.2. The molecule has 10 atom stereocenters. The summed E-state index contributed by atoms with van der Waals surface area (Å²) in [6.07, 6.45) is 13.2. The Morgan fingerprint density at radius 1 is 1.09 bits per heavy atom. The van der Waals surface area contributed by atoms with Crippen molar-refractivity contribution in [2.45, 2.75) is 111 Å². The molecule has 0 bridgehead atoms. The number of likely N-dealkylation sites (N-methyl/N-ethyl adjacent to an activating group) is 1. The lowest BCUT2D eigenvalue weighted by atomic mass is 9.47. The maximum atomic E-state index is 11.4. The van der Waals surface area contributed by atoms with Crippen molar-refractivity contribution in [2.24, 2.45) is 40.4 Å². The largest absolute Gasteiger partial charge is 0.391 e. The highest BCUT2D eigenvalue weighted by atomic mass is 16.5. The van der Waals surface area contributed by atoms with Gasteiger partial charge in [-0.1, -0.05) is 43.6 Å². The molecular weight excluding hydrogens is 432 g/mol. The molecule has 0 amide bonds. The molecule has 1 saturated heterocycles. The highest BCUT2D eigenvalue weighted by molar-refractivity contribution is 5.29. The van der Waals surface area contributed by atoms with Crippen molar-refractivity contribution < 1.29 is 10.3 Å². The van der Waals surface area contributed by atoms with Crippen LogP contribution < -0.4 is 0 Å². The molecule has 0 aromatic heterocycles. The van der Waals surface area contributed by atoms with E-state index in [1.165, 1.54) is 43.3 Å². The van der Waals surface area contributed by atoms with Crippen LogP contribution in [0.2, 0.25) is 0 Å². The average Bonchev–Trinajstić information content (AvgIpc) is 3.33. The number of hydroxylamine groups is 2. The van der Waals surface area contributed by atoms with Gasteiger partial charge in [-0.25, -0.2) is 0 Å². The predicted octanol–water partition coefficient (Wildman–Crippen LogP) is 6.29. The number of allylic oxidation sites excluding steroid dienone is 3. The summed E-state index contributed by atoms with van der Waals surface area (Å²) in [4.78, 5) is 2.25. The van der Waals surface area contributed by atoms with Crippen LogP contribution in [-0.4, -0.2) is 59.1 Å². The number of aliphatic hydroxyl groups is 1. The van der Waals surface area contributed by atoms with Gasteiger partial charge in [0.05, 0.1) is 12.1 Å². The molecule has 2 N–H and O–H groups in total. The Kier molecular flexibility index (Phi) is 6.86. The first kappa shape index (κ1) is 25.9. The summed E-state index contributed by atoms with van der Waals surface area (Å²) in [5.74, 6) is 3.14. The van der Waals surface area contributed by atoms with Gasteiger partial charge >= 0.3 is 0 Å². The van der Waals surface area contributed by atoms with Gasteiger partial charge in [0, 0.05) is 12.6 Å². The van der Waals surface area contributed by atoms with Crippen LogP contribution >= 0.6 is 0 Å². The van der Waals surface area contributed by atoms with E-state index >= 15 is 0 Å². The van der Waals surface area contributed by atoms with Gasteiger partial charge in [0.25, 0.3) is 0 Å². The molecule has 1 heterocycles. The SMILES string of the molecule is CC(C)=C1CCN(O)C1CC(C)C1CCC2C3=CCC4C(O)C(N(C)C)CCC4(C)C3CCC21C. The summed E-state index contributed by atoms with van der Waals surface area (Å²) in [5, 5.41) is 23.6. The lowest BCUT2D eigenvalue weighted by molar-refractivity contribution is -0.108. The molecule has 0 aromatic carbocycles. The third kappa shape index (κ3) is 4.01. The summed E-state index contributed by atoms with van der Waals surface area (Å²) >= 11 is 0. The average molecular weight is 485 g/mol. The van der Waals surface area contributed by atoms with E-state index < -0.39 is 0 Å². The minimum Gasteiger partial charge on any atom is -0.391 e. The van der Waals surface area contributed by atoms with Gasteiger partial charge in [0.2, 0.25) is 0 Å². The van der Waals surface area contributed by atoms with Crippen molar-refractivity contribution in [3.8, 4) is 0 Å². The zero-order valence-electron chi connectivity index (χ0n) is 23.6. The summed E-state index contributed by atoms with van der Waals surface area (Å²) in [7, 11) is 4.27. The van der Waals surface area contributed by atoms with Gasteiger partial charge in [0.15, 0.2) is 0 Å². The predicted molar refractivity (Wildman–Crippen MR) is 143 cm³/mol. The van der Waals surface area contributed by atoms with Crippen molar-refractivity contribution in [1.82, 2.24) is 9.96 Å². The van der Waals surface area contributed by atoms with Crippen LogP contribution in [0.3, 0.4) is 0 Å². The topological polar surface area (TPSA) is 46.9 Å². The van der Waals surface area contributed by atoms with Gasteiger partial charge in [-0.3, -0.25) is 0 Å². The van der Waals surface area contributed by atoms with E-state index in [4.69, 9.17) is 0 Å². The van der Waals surface area contributed by atoms with Crippen LogP contribution in [0.15, 0.2) is 22.8 Å². The third-order valence-electron chi connectivity index (χ3n) is 12.2. The van der Waals surface area contributed by atoms with E-state index in [9.17, 15) is 10.3 Å². The fraction of sp³-hybridized carbons (Fsp3) is 0.871. The Hall–Kier alpha value is -0.680. The quantitative estimate of drug-likeness (QED) is 0.460. The Bertz CT molecular complexity index is 875. The molecule has 198 valence electrons. The maximum absolute atomic E-state index is 11.4. The highest BCUT2D eigenvalue weighted by Crippen LogP contribution is 2.67. The third-order valence-corrected chi connectivity index (χ3v) is 12.2. The lowest BCUT2D eigenvalue weighted by Gasteiger charge is -2.59. The summed E-state index contributed by atoms with van der Waals surface area (Å²) in [5.41, 5.74) is 5.28. The molecule has 4 aliphatic carbocycles. The molecule has 35 heavy (non-hydrogen) atoms. The molecule has 4 heteroatoms. The first-order chi connectivity index (χ1) is 16.5. The summed E-state index contributed by atoms with van der Waals surface area (Å²) in [6, 6.07) is 0.525. The smallest absolute Gasteiger partial charge is 0.0731 e. The van der Waals surface area contributed by atoms with Crippen molar-refractivity contribution in [2.75, 3.05) is 20.6 Å². The zero-order valence-corrected chi connectivity index (χ0v) is 23.6. The molecular formula is C31H52N2O2. The zero-order chi connectivity index (χ0) is 25.3. The minimum absolute atomic E-state index is 0.205. The standard InChI is InChI=1S/C31H52N2O2/c1-19(2)21-14-17-33(35)28(21)18-20(3)23-10-11-24-22-8-9-26-29(34)27(32(6)7)13-16-31(26,5)25(22)12-15-30(23,24)4/h8,20,23-29,34-35H,9-18H2,1-7H3. The van der Waals surface area contributed by atoms with Crippen LogP contribution in [0, 0.1) is 40.4 Å². The number of rotatable bonds is 4. The Labute approximate surface area is 214 Å². The second-order valence-corrected chi connectivity index (χ2v) is 14.1. The Balaban J connectivity index is 1.36. The molecule has 10 unspecified atom stereocenters. The normalized spacial score (nSPS) is 46.7. The van der Waals surface area contributed by atoms with Crippen molar-refractivity contribution >= 4 is 0 Å². The van der Waals surface area contributed by atoms with E-state index in [0.717, 1.165) is 38.1 Å². The van der Waals surface area contributed by atoms with Gasteiger partial charge in [-0.2, -0.15) is 5.06 Å². The van der Waals surface area contributed by atoms with Gasteiger partial charge in [0.1, 0.15) is 0 Å². The first-order valence-corrected chi connectivity index (χ1v) is 14.6. The molecule has 0 aromatic rings. The van der Waals surface area contributed by atoms with Crippen LogP contribution in [0.5, 0.6) is 0 Å². The maximum Gasteiger partial charge on any atom is 0.0731 e. The van der Waals surface area contributed by atoms with Crippen LogP contribution in [0.4, 0.5) is 0 Å². The monoisotopic (exact) mass is 484 g/mol. The van der Waals surface area contributed by atoms with Gasteiger partial charge in [-0.05, 0) is 126 Å².